The van der Waals surface area contributed by atoms with Crippen molar-refractivity contribution in [2.75, 3.05) is 0 Å². The molecule has 0 fully saturated rings. The lowest BCUT2D eigenvalue weighted by molar-refractivity contribution is 1.57. The maximum absolute atomic E-state index is 7.40. The minimum absolute atomic E-state index is 0.250. The highest BCUT2D eigenvalue weighted by molar-refractivity contribution is 7.85. The van der Waals surface area contributed by atoms with E-state index in [1.165, 1.54) is 5.40 Å². The van der Waals surface area contributed by atoms with Gasteiger partial charge >= 0.3 is 0 Å². The zero-order valence-electron chi connectivity index (χ0n) is 5.80. The van der Waals surface area contributed by atoms with E-state index in [-0.39, 0.29) is 6.13 Å². The van der Waals surface area contributed by atoms with Crippen molar-refractivity contribution in [2.24, 2.45) is 0 Å². The highest BCUT2D eigenvalue weighted by Gasteiger charge is 1.18. The predicted molar refractivity (Wildman–Crippen MR) is 19.6 cm³/mol. The minimum Gasteiger partial charge on any atom is -0.344 e. The van der Waals surface area contributed by atoms with Gasteiger partial charge in [0.15, 0.2) is 0 Å². The molecule has 0 bridgehead atoms. The van der Waals surface area contributed by atoms with Crippen LogP contribution in [0, 0.1) is 10.7 Å². The highest BCUT2D eigenvalue weighted by Crippen LogP contribution is 1.46. The topological polar surface area (TPSA) is 58.8 Å². The molecule has 0 aromatic carbocycles. The normalized spacial score (nSPS) is 15.0. The van der Waals surface area contributed by atoms with Crippen molar-refractivity contribution >= 4 is 12.5 Å². The third kappa shape index (κ3) is 28.8. The van der Waals surface area contributed by atoms with Crippen LogP contribution in [-0.4, -0.2) is 1.12 Å². The monoisotopic (exact) mass is 80.0 g/mol. The molecule has 0 aliphatic carbocycles. The van der Waals surface area contributed by atoms with E-state index in [2.05, 4.69) is 0 Å². The van der Waals surface area contributed by atoms with Crippen molar-refractivity contribution in [2.45, 2.75) is 0 Å². The Morgan fingerprint density at radius 1 is 2.75 bits per heavy atom. The highest BCUT2D eigenvalue weighted by atomic mass is 32.1. The van der Waals surface area contributed by atoms with Crippen molar-refractivity contribution < 1.29 is 4.24 Å². The zero-order valence-corrected chi connectivity index (χ0v) is 2.62. The average molecular weight is 80.1 g/mol. The van der Waals surface area contributed by atoms with Crippen molar-refractivity contribution in [3.63, 3.8) is 0 Å². The molecule has 0 aromatic heterocycles. The van der Waals surface area contributed by atoms with Crippen LogP contribution in [0.25, 0.3) is 0 Å². The molecular formula is CH4N2S. The lowest BCUT2D eigenvalue weighted by Gasteiger charge is -1.14. The van der Waals surface area contributed by atoms with Crippen molar-refractivity contribution in [3.05, 3.63) is 0 Å². The molecule has 0 heterocycles. The molecule has 0 aliphatic heterocycles. The Morgan fingerprint density at radius 2 is 3.00 bits per heavy atom. The number of thiocyanates is 1. The van der Waals surface area contributed by atoms with E-state index < -0.39 is 0 Å². The number of nitriles is 1. The van der Waals surface area contributed by atoms with Crippen LogP contribution in [0.4, 0.5) is 0 Å². The van der Waals surface area contributed by atoms with E-state index >= 15 is 0 Å². The van der Waals surface area contributed by atoms with Gasteiger partial charge in [0.25, 0.3) is 0 Å². The van der Waals surface area contributed by atoms with Crippen LogP contribution in [0.5, 0.6) is 0 Å². The summed E-state index contributed by atoms with van der Waals surface area (Å²) in [6.45, 7) is 0. The summed E-state index contributed by atoms with van der Waals surface area (Å²) in [6, 6.07) is 0. The number of rotatable bonds is 0. The molecule has 0 atom stereocenters. The molecule has 0 radical (unpaired) electrons. The first-order valence-electron chi connectivity index (χ1n) is 2.18. The molecule has 2 nitrogen and oxygen atoms in total. The zero-order chi connectivity index (χ0) is 6.99. The van der Waals surface area contributed by atoms with Crippen LogP contribution < -0.4 is 6.13 Å². The van der Waals surface area contributed by atoms with Crippen molar-refractivity contribution in [3.8, 4) is 5.40 Å². The second kappa shape index (κ2) is 14.2. The Hall–Kier alpha value is -0.200. The van der Waals surface area contributed by atoms with Gasteiger partial charge in [0.1, 0.15) is 10.8 Å². The smallest absolute Gasteiger partial charge is 0.130 e. The average Bonchev–Trinajstić information content (AvgIpc) is 1.65. The molecule has 0 rings (SSSR count). The summed E-state index contributed by atoms with van der Waals surface area (Å²) in [4.78, 5) is 0. The molecule has 24 valence electrons. The van der Waals surface area contributed by atoms with Gasteiger partial charge in [-0.2, -0.15) is 5.26 Å². The lowest BCUT2D eigenvalue weighted by atomic mass is 11.8. The standard InChI is InChI=1S/CHNS.H3N/c2-1-3;/h3H;1H3/i/hD4. The van der Waals surface area contributed by atoms with Gasteiger partial charge in [0, 0.05) is 0 Å². The molecule has 0 aromatic rings. The van der Waals surface area contributed by atoms with Gasteiger partial charge in [-0.3, -0.25) is 0 Å². The van der Waals surface area contributed by atoms with Gasteiger partial charge in [-0.1, -0.05) is 12.5 Å². The summed E-state index contributed by atoms with van der Waals surface area (Å²) in [7, 11) is 0. The molecule has 4 heavy (non-hydrogen) atoms. The second-order valence-corrected chi connectivity index (χ2v) is 0.274. The summed E-state index contributed by atoms with van der Waals surface area (Å²) in [6.07, 6.45) is -0.250. The first kappa shape index (κ1) is 0.886. The molecule has 3 heteroatoms. The first-order valence-corrected chi connectivity index (χ1v) is 0.836. The van der Waals surface area contributed by atoms with Crippen LogP contribution in [-0.2, 0) is 0 Å². The number of hydrogen-bond donors (Lipinski definition) is 2. The largest absolute Gasteiger partial charge is 0.344 e. The Bertz CT molecular complexity index is 66.2. The number of nitrogens with zero attached hydrogens (tertiary/aromatic N) is 1. The van der Waals surface area contributed by atoms with Gasteiger partial charge in [-0.25, -0.2) is 0 Å². The summed E-state index contributed by atoms with van der Waals surface area (Å²) in [5, 5.41) is 8.91. The summed E-state index contributed by atoms with van der Waals surface area (Å²) < 4.78 is 23.3. The van der Waals surface area contributed by atoms with Crippen LogP contribution in [0.3, 0.4) is 0 Å². The quantitative estimate of drug-likeness (QED) is 0.330. The van der Waals surface area contributed by atoms with Crippen molar-refractivity contribution in [1.29, 1.82) is 6.39 Å². The molecule has 0 aliphatic rings. The maximum atomic E-state index is 7.40. The maximum Gasteiger partial charge on any atom is 0.130 e. The molecule has 0 unspecified atom stereocenters. The summed E-state index contributed by atoms with van der Waals surface area (Å²) in [5.41, 5.74) is 0. The Labute approximate surface area is 35.9 Å². The van der Waals surface area contributed by atoms with Crippen LogP contribution >= 0.6 is 12.5 Å². The molecule has 0 spiro atoms. The number of thiol groups is 1. The molecule has 0 saturated carbocycles. The summed E-state index contributed by atoms with van der Waals surface area (Å²) >= 11 is 0.412. The van der Waals surface area contributed by atoms with Crippen molar-refractivity contribution in [1.82, 2.24) is 6.13 Å². The lowest BCUT2D eigenvalue weighted by Crippen LogP contribution is -0.961. The summed E-state index contributed by atoms with van der Waals surface area (Å²) in [5.74, 6) is 0. The van der Waals surface area contributed by atoms with Crippen LogP contribution in [0.1, 0.15) is 0 Å². The van der Waals surface area contributed by atoms with E-state index in [1.54, 1.807) is 0 Å². The predicted octanol–water partition coefficient (Wildman–Crippen LogP) is 0.559. The van der Waals surface area contributed by atoms with Gasteiger partial charge in [-0.05, 0) is 0 Å². The van der Waals surface area contributed by atoms with E-state index in [0.717, 1.165) is 0 Å². The Balaban J connectivity index is 0. The molecule has 3 N–H and O–H groups in total. The Morgan fingerprint density at radius 3 is 3.00 bits per heavy atom. The van der Waals surface area contributed by atoms with Crippen LogP contribution in [0.2, 0.25) is 4.24 Å². The Kier molecular flexibility index (Phi) is 3.14. The first-order chi connectivity index (χ1) is 3.65. The fourth-order valence-corrected chi connectivity index (χ4v) is 0. The SMILES string of the molecule is [2H]N([2H])[2H].[2H]SC#N. The minimum atomic E-state index is -0.250. The van der Waals surface area contributed by atoms with Crippen LogP contribution in [0.15, 0.2) is 0 Å². The van der Waals surface area contributed by atoms with E-state index in [9.17, 15) is 0 Å². The molecular weight excluding hydrogens is 72.1 g/mol. The third-order valence-corrected chi connectivity index (χ3v) is 0. The number of hydrogen-bond acceptors (Lipinski definition) is 3. The van der Waals surface area contributed by atoms with E-state index in [4.69, 9.17) is 10.6 Å². The molecule has 0 amide bonds. The third-order valence-electron chi connectivity index (χ3n) is 0. The second-order valence-electron chi connectivity index (χ2n) is 0.0913. The van der Waals surface area contributed by atoms with E-state index in [1.807, 2.05) is 0 Å². The van der Waals surface area contributed by atoms with Gasteiger partial charge in [0.05, 0.1) is 0 Å². The van der Waals surface area contributed by atoms with Gasteiger partial charge in [-0.15, -0.1) is 0 Å². The fourth-order valence-electron chi connectivity index (χ4n) is 0. The van der Waals surface area contributed by atoms with E-state index in [0.29, 0.717) is 12.5 Å². The fraction of sp³-hybridized carbons (Fsp3) is 0. The van der Waals surface area contributed by atoms with Gasteiger partial charge in [0.2, 0.25) is 0 Å². The van der Waals surface area contributed by atoms with Gasteiger partial charge < -0.3 is 6.13 Å². The molecule has 0 saturated heterocycles.